The van der Waals surface area contributed by atoms with Crippen LogP contribution >= 0.6 is 0 Å². The zero-order valence-electron chi connectivity index (χ0n) is 28.9. The number of methoxy groups -OCH3 is 3. The van der Waals surface area contributed by atoms with Crippen molar-refractivity contribution in [2.75, 3.05) is 34.5 Å². The summed E-state index contributed by atoms with van der Waals surface area (Å²) in [6.07, 6.45) is -9.53. The van der Waals surface area contributed by atoms with Crippen molar-refractivity contribution in [1.82, 2.24) is 0 Å². The molecule has 3 aliphatic heterocycles. The van der Waals surface area contributed by atoms with Gasteiger partial charge in [-0.15, -0.1) is 0 Å². The maximum absolute atomic E-state index is 13.6. The van der Waals surface area contributed by atoms with Gasteiger partial charge in [-0.05, 0) is 62.4 Å². The van der Waals surface area contributed by atoms with Gasteiger partial charge in [-0.1, -0.05) is 36.4 Å². The molecule has 51 heavy (non-hydrogen) atoms. The van der Waals surface area contributed by atoms with Crippen molar-refractivity contribution in [1.29, 1.82) is 0 Å². The molecule has 0 aromatic heterocycles. The van der Waals surface area contributed by atoms with E-state index in [-0.39, 0.29) is 24.3 Å². The summed E-state index contributed by atoms with van der Waals surface area (Å²) in [5.74, 6) is -3.20. The molecule has 14 heteroatoms. The molecular weight excluding hydrogens is 668 g/mol. The second-order valence-electron chi connectivity index (χ2n) is 12.4. The number of carbonyl (C=O) groups is 2. The highest BCUT2D eigenvalue weighted by Gasteiger charge is 2.61. The normalized spacial score (nSPS) is 33.4. The molecule has 3 fully saturated rings. The highest BCUT2D eigenvalue weighted by atomic mass is 16.8. The maximum atomic E-state index is 13.6. The van der Waals surface area contributed by atoms with E-state index in [0.29, 0.717) is 11.5 Å². The lowest BCUT2D eigenvalue weighted by molar-refractivity contribution is -0.473. The Balaban J connectivity index is 1.30. The fourth-order valence-corrected chi connectivity index (χ4v) is 6.08. The van der Waals surface area contributed by atoms with Gasteiger partial charge in [0.25, 0.3) is 0 Å². The summed E-state index contributed by atoms with van der Waals surface area (Å²) < 4.78 is 65.5. The van der Waals surface area contributed by atoms with Crippen LogP contribution in [0.1, 0.15) is 34.6 Å². The number of rotatable bonds is 11. The van der Waals surface area contributed by atoms with Crippen LogP contribution in [-0.4, -0.2) is 112 Å². The number of aliphatic hydroxyl groups is 1. The number of hydrogen-bond acceptors (Lipinski definition) is 14. The summed E-state index contributed by atoms with van der Waals surface area (Å²) in [5, 5.41) is 11.5. The Morgan fingerprint density at radius 2 is 1.22 bits per heavy atom. The van der Waals surface area contributed by atoms with Gasteiger partial charge in [0.2, 0.25) is 24.0 Å². The largest absolute Gasteiger partial charge is 0.497 e. The average molecular weight is 711 g/mol. The maximum Gasteiger partial charge on any atom is 0.338 e. The Labute approximate surface area is 295 Å². The molecule has 6 rings (SSSR count). The number of hydrogen-bond donors (Lipinski definition) is 1. The van der Waals surface area contributed by atoms with Crippen LogP contribution in [0.3, 0.4) is 0 Å². The van der Waals surface area contributed by atoms with Crippen molar-refractivity contribution in [3.63, 3.8) is 0 Å². The van der Waals surface area contributed by atoms with E-state index in [0.717, 1.165) is 0 Å². The molecule has 3 aromatic carbocycles. The molecule has 0 spiro atoms. The highest BCUT2D eigenvalue weighted by molar-refractivity contribution is 5.90. The first-order chi connectivity index (χ1) is 24.6. The summed E-state index contributed by atoms with van der Waals surface area (Å²) in [5.41, 5.74) is 0.487. The lowest BCUT2D eigenvalue weighted by atomic mass is 9.98. The highest BCUT2D eigenvalue weighted by Crippen LogP contribution is 2.42. The fraction of sp³-hybridized carbons (Fsp3) is 0.459. The van der Waals surface area contributed by atoms with Gasteiger partial charge >= 0.3 is 11.9 Å². The van der Waals surface area contributed by atoms with Gasteiger partial charge in [-0.3, -0.25) is 0 Å². The lowest BCUT2D eigenvalue weighted by Crippen LogP contribution is -2.71. The van der Waals surface area contributed by atoms with Crippen molar-refractivity contribution in [3.05, 3.63) is 96.1 Å². The minimum atomic E-state index is -1.41. The van der Waals surface area contributed by atoms with E-state index in [1.54, 1.807) is 106 Å². The van der Waals surface area contributed by atoms with Gasteiger partial charge in [0.05, 0.1) is 31.5 Å². The predicted molar refractivity (Wildman–Crippen MR) is 176 cm³/mol. The molecule has 2 unspecified atom stereocenters. The van der Waals surface area contributed by atoms with Crippen LogP contribution in [0, 0.1) is 0 Å². The van der Waals surface area contributed by atoms with Crippen LogP contribution in [-0.2, 0) is 42.6 Å². The molecule has 0 aliphatic carbocycles. The Hall–Kier alpha value is -4.12. The van der Waals surface area contributed by atoms with Crippen LogP contribution in [0.15, 0.2) is 84.9 Å². The topological polar surface area (TPSA) is 156 Å². The molecule has 3 aliphatic rings. The van der Waals surface area contributed by atoms with Crippen molar-refractivity contribution in [2.24, 2.45) is 0 Å². The molecular formula is C37H42O14. The van der Waals surface area contributed by atoms with E-state index < -0.39 is 72.7 Å². The Kier molecular flexibility index (Phi) is 11.2. The van der Waals surface area contributed by atoms with Gasteiger partial charge in [0, 0.05) is 14.2 Å². The zero-order chi connectivity index (χ0) is 36.2. The zero-order valence-corrected chi connectivity index (χ0v) is 28.9. The molecule has 3 saturated heterocycles. The van der Waals surface area contributed by atoms with Crippen molar-refractivity contribution in [2.45, 2.75) is 74.6 Å². The van der Waals surface area contributed by atoms with Gasteiger partial charge < -0.3 is 57.2 Å². The molecule has 10 atom stereocenters. The third-order valence-corrected chi connectivity index (χ3v) is 9.26. The Morgan fingerprint density at radius 1 is 0.686 bits per heavy atom. The number of esters is 2. The molecule has 3 heterocycles. The summed E-state index contributed by atoms with van der Waals surface area (Å²) in [4.78, 5) is 27.1. The molecule has 0 radical (unpaired) electrons. The van der Waals surface area contributed by atoms with Crippen LogP contribution in [0.5, 0.6) is 11.5 Å². The Morgan fingerprint density at radius 3 is 1.78 bits per heavy atom. The molecule has 1 N–H and O–H groups in total. The summed E-state index contributed by atoms with van der Waals surface area (Å²) >= 11 is 0. The fourth-order valence-electron chi connectivity index (χ4n) is 6.08. The third-order valence-electron chi connectivity index (χ3n) is 9.26. The third kappa shape index (κ3) is 7.73. The lowest BCUT2D eigenvalue weighted by Gasteiger charge is -2.55. The minimum absolute atomic E-state index is 0.0528. The van der Waals surface area contributed by atoms with Crippen LogP contribution in [0.2, 0.25) is 0 Å². The summed E-state index contributed by atoms with van der Waals surface area (Å²) in [6.45, 7) is 3.02. The second-order valence-corrected chi connectivity index (χ2v) is 12.4. The minimum Gasteiger partial charge on any atom is -0.497 e. The smallest absolute Gasteiger partial charge is 0.338 e. The molecule has 3 aromatic rings. The standard InChI is InChI=1S/C37H42O14/c1-36(42-4)37(2,43-5)51-29-27(50-36)21-44-34(28(29)38)47-26-20-45-35(46-25-18-16-24(41-3)17-19-25)31(49-33(40)23-14-10-7-11-15-23)30(26)48-32(39)22-12-8-6-9-13-22/h6-19,26-31,34-35,38H,20-21H2,1-5H3/t26-,27-,28-,29+,30+,31-,34+,35+,36?,37?/m1/s1. The van der Waals surface area contributed by atoms with E-state index in [9.17, 15) is 14.7 Å². The molecule has 0 bridgehead atoms. The summed E-state index contributed by atoms with van der Waals surface area (Å²) in [7, 11) is 4.44. The summed E-state index contributed by atoms with van der Waals surface area (Å²) in [6, 6.07) is 23.3. The monoisotopic (exact) mass is 710 g/mol. The average Bonchev–Trinajstić information content (AvgIpc) is 3.16. The SMILES string of the molecule is COc1ccc(O[C@@H]2OC[C@@H](O[C@@H]3OC[C@H]4OC(C)(OC)C(C)(OC)O[C@@H]4[C@H]3O)[C@H](OC(=O)c3ccccc3)[C@H]2OC(=O)c2ccccc2)cc1. The number of fused-ring (bicyclic) bond motifs is 1. The first-order valence-electron chi connectivity index (χ1n) is 16.4. The van der Waals surface area contributed by atoms with E-state index >= 15 is 0 Å². The first-order valence-corrected chi connectivity index (χ1v) is 16.4. The van der Waals surface area contributed by atoms with Gasteiger partial charge in [0.1, 0.15) is 35.9 Å². The molecule has 14 nitrogen and oxygen atoms in total. The number of benzene rings is 3. The molecule has 274 valence electrons. The van der Waals surface area contributed by atoms with E-state index in [1.165, 1.54) is 14.2 Å². The van der Waals surface area contributed by atoms with E-state index in [4.69, 9.17) is 52.1 Å². The van der Waals surface area contributed by atoms with Gasteiger partial charge in [-0.2, -0.15) is 0 Å². The predicted octanol–water partition coefficient (Wildman–Crippen LogP) is 3.49. The Bertz CT molecular complexity index is 1610. The van der Waals surface area contributed by atoms with Crippen LogP contribution in [0.4, 0.5) is 0 Å². The second kappa shape index (κ2) is 15.6. The molecule has 0 amide bonds. The molecule has 0 saturated carbocycles. The van der Waals surface area contributed by atoms with E-state index in [2.05, 4.69) is 0 Å². The first kappa shape index (κ1) is 36.7. The van der Waals surface area contributed by atoms with Crippen molar-refractivity contribution >= 4 is 11.9 Å². The van der Waals surface area contributed by atoms with Crippen LogP contribution < -0.4 is 9.47 Å². The van der Waals surface area contributed by atoms with Crippen molar-refractivity contribution < 1.29 is 66.8 Å². The van der Waals surface area contributed by atoms with Crippen LogP contribution in [0.25, 0.3) is 0 Å². The van der Waals surface area contributed by atoms with Crippen molar-refractivity contribution in [3.8, 4) is 11.5 Å². The number of aliphatic hydroxyl groups excluding tert-OH is 1. The van der Waals surface area contributed by atoms with Gasteiger partial charge in [0.15, 0.2) is 12.4 Å². The number of carbonyl (C=O) groups excluding carboxylic acids is 2. The number of ether oxygens (including phenoxy) is 11. The van der Waals surface area contributed by atoms with E-state index in [1.807, 2.05) is 0 Å². The van der Waals surface area contributed by atoms with Gasteiger partial charge in [-0.25, -0.2) is 9.59 Å². The quantitative estimate of drug-likeness (QED) is 0.289.